The van der Waals surface area contributed by atoms with E-state index in [1.807, 2.05) is 60.7 Å². The van der Waals surface area contributed by atoms with Crippen LogP contribution in [0.5, 0.6) is 0 Å². The first kappa shape index (κ1) is 16.7. The molecule has 0 spiro atoms. The summed E-state index contributed by atoms with van der Waals surface area (Å²) < 4.78 is 23.5. The monoisotopic (exact) mass is 342 g/mol. The minimum atomic E-state index is -0.644. The third kappa shape index (κ3) is 3.92. The van der Waals surface area contributed by atoms with E-state index in [9.17, 15) is 5.11 Å². The lowest BCUT2D eigenvalue weighted by molar-refractivity contribution is -0.338. The standard InChI is InChI=1S/C20H22O5/c21-16-11-18(22-12-14-7-3-1-4-8-14)24-17-13-23-20(25-19(16)17)15-9-5-2-6-10-15/h1-10,16-21H,11-13H2/t16-,17+,18-,19-,20-/m0/s1. The Kier molecular flexibility index (Phi) is 5.10. The van der Waals surface area contributed by atoms with E-state index in [1.165, 1.54) is 0 Å². The Bertz CT molecular complexity index is 662. The van der Waals surface area contributed by atoms with Crippen molar-refractivity contribution in [1.29, 1.82) is 0 Å². The molecule has 0 unspecified atom stereocenters. The molecule has 2 aliphatic heterocycles. The summed E-state index contributed by atoms with van der Waals surface area (Å²) in [5, 5.41) is 10.5. The van der Waals surface area contributed by atoms with Crippen molar-refractivity contribution in [3.05, 3.63) is 71.8 Å². The van der Waals surface area contributed by atoms with Gasteiger partial charge in [-0.1, -0.05) is 60.7 Å². The number of hydrogen-bond acceptors (Lipinski definition) is 5. The van der Waals surface area contributed by atoms with Gasteiger partial charge >= 0.3 is 0 Å². The zero-order chi connectivity index (χ0) is 17.1. The van der Waals surface area contributed by atoms with E-state index in [0.717, 1.165) is 11.1 Å². The summed E-state index contributed by atoms with van der Waals surface area (Å²) in [6, 6.07) is 19.6. The molecule has 2 aromatic rings. The smallest absolute Gasteiger partial charge is 0.184 e. The van der Waals surface area contributed by atoms with E-state index in [0.29, 0.717) is 19.6 Å². The molecular formula is C20H22O5. The Morgan fingerprint density at radius 1 is 0.960 bits per heavy atom. The van der Waals surface area contributed by atoms with Gasteiger partial charge < -0.3 is 24.1 Å². The molecule has 2 aliphatic rings. The number of hydrogen-bond donors (Lipinski definition) is 1. The fraction of sp³-hybridized carbons (Fsp3) is 0.400. The van der Waals surface area contributed by atoms with Crippen LogP contribution in [0.4, 0.5) is 0 Å². The molecule has 5 nitrogen and oxygen atoms in total. The molecule has 0 amide bonds. The summed E-state index contributed by atoms with van der Waals surface area (Å²) in [5.41, 5.74) is 2.01. The topological polar surface area (TPSA) is 57.2 Å². The number of fused-ring (bicyclic) bond motifs is 1. The first-order chi connectivity index (χ1) is 12.3. The predicted molar refractivity (Wildman–Crippen MR) is 90.5 cm³/mol. The first-order valence-electron chi connectivity index (χ1n) is 8.60. The van der Waals surface area contributed by atoms with Crippen LogP contribution >= 0.6 is 0 Å². The molecule has 5 heteroatoms. The Morgan fingerprint density at radius 3 is 2.44 bits per heavy atom. The van der Waals surface area contributed by atoms with Crippen molar-refractivity contribution in [2.75, 3.05) is 6.61 Å². The summed E-state index contributed by atoms with van der Waals surface area (Å²) in [6.45, 7) is 0.816. The number of aliphatic hydroxyl groups is 1. The number of benzene rings is 2. The SMILES string of the molecule is O[C@H]1C[C@@H](OCc2ccccc2)O[C@@H]2CO[C@H](c3ccccc3)O[C@@H]12. The minimum absolute atomic E-state index is 0.329. The van der Waals surface area contributed by atoms with Crippen LogP contribution < -0.4 is 0 Å². The zero-order valence-corrected chi connectivity index (χ0v) is 13.9. The summed E-state index contributed by atoms with van der Waals surface area (Å²) in [6.07, 6.45) is -1.93. The van der Waals surface area contributed by atoms with Crippen molar-refractivity contribution in [2.45, 2.75) is 43.9 Å². The van der Waals surface area contributed by atoms with Gasteiger partial charge in [0.25, 0.3) is 0 Å². The highest BCUT2D eigenvalue weighted by atomic mass is 16.7. The number of aliphatic hydroxyl groups excluding tert-OH is 1. The molecule has 0 aliphatic carbocycles. The molecule has 2 saturated heterocycles. The van der Waals surface area contributed by atoms with Crippen LogP contribution in [-0.4, -0.2) is 36.3 Å². The van der Waals surface area contributed by atoms with E-state index in [1.54, 1.807) is 0 Å². The Balaban J connectivity index is 1.35. The van der Waals surface area contributed by atoms with Crippen molar-refractivity contribution in [3.8, 4) is 0 Å². The third-order valence-electron chi connectivity index (χ3n) is 4.55. The highest BCUT2D eigenvalue weighted by molar-refractivity contribution is 5.16. The predicted octanol–water partition coefficient (Wildman–Crippen LogP) is 2.79. The second kappa shape index (κ2) is 7.64. The average molecular weight is 342 g/mol. The maximum Gasteiger partial charge on any atom is 0.184 e. The molecule has 1 N–H and O–H groups in total. The van der Waals surface area contributed by atoms with Crippen molar-refractivity contribution >= 4 is 0 Å². The van der Waals surface area contributed by atoms with Gasteiger partial charge in [0, 0.05) is 12.0 Å². The molecule has 0 saturated carbocycles. The van der Waals surface area contributed by atoms with Gasteiger partial charge in [-0.15, -0.1) is 0 Å². The van der Waals surface area contributed by atoms with Crippen LogP contribution in [0, 0.1) is 0 Å². The second-order valence-corrected chi connectivity index (χ2v) is 6.38. The molecule has 0 radical (unpaired) electrons. The normalized spacial score (nSPS) is 32.1. The molecule has 132 valence electrons. The van der Waals surface area contributed by atoms with Gasteiger partial charge in [0.1, 0.15) is 12.2 Å². The largest absolute Gasteiger partial charge is 0.390 e. The molecule has 2 fully saturated rings. The fourth-order valence-corrected chi connectivity index (χ4v) is 3.24. The van der Waals surface area contributed by atoms with Gasteiger partial charge in [-0.2, -0.15) is 0 Å². The van der Waals surface area contributed by atoms with Crippen molar-refractivity contribution < 1.29 is 24.1 Å². The van der Waals surface area contributed by atoms with Crippen molar-refractivity contribution in [1.82, 2.24) is 0 Å². The van der Waals surface area contributed by atoms with E-state index < -0.39 is 24.8 Å². The molecule has 0 bridgehead atoms. The second-order valence-electron chi connectivity index (χ2n) is 6.38. The Labute approximate surface area is 147 Å². The summed E-state index contributed by atoms with van der Waals surface area (Å²) >= 11 is 0. The maximum atomic E-state index is 10.5. The minimum Gasteiger partial charge on any atom is -0.390 e. The summed E-state index contributed by atoms with van der Waals surface area (Å²) in [5.74, 6) is 0. The lowest BCUT2D eigenvalue weighted by Gasteiger charge is -2.44. The maximum absolute atomic E-state index is 10.5. The highest BCUT2D eigenvalue weighted by Gasteiger charge is 2.44. The number of rotatable bonds is 4. The van der Waals surface area contributed by atoms with Gasteiger partial charge in [-0.3, -0.25) is 0 Å². The molecule has 25 heavy (non-hydrogen) atoms. The van der Waals surface area contributed by atoms with Crippen molar-refractivity contribution in [2.24, 2.45) is 0 Å². The zero-order valence-electron chi connectivity index (χ0n) is 13.9. The van der Waals surface area contributed by atoms with Gasteiger partial charge in [0.05, 0.1) is 19.3 Å². The molecule has 0 aromatic heterocycles. The van der Waals surface area contributed by atoms with Crippen LogP contribution in [-0.2, 0) is 25.6 Å². The lowest BCUT2D eigenvalue weighted by atomic mass is 10.0. The van der Waals surface area contributed by atoms with Gasteiger partial charge in [-0.25, -0.2) is 0 Å². The lowest BCUT2D eigenvalue weighted by Crippen LogP contribution is -2.55. The van der Waals surface area contributed by atoms with Crippen LogP contribution in [0.2, 0.25) is 0 Å². The average Bonchev–Trinajstić information content (AvgIpc) is 2.68. The van der Waals surface area contributed by atoms with E-state index >= 15 is 0 Å². The molecule has 5 atom stereocenters. The van der Waals surface area contributed by atoms with Gasteiger partial charge in [0.15, 0.2) is 12.6 Å². The molecule has 4 rings (SSSR count). The van der Waals surface area contributed by atoms with Gasteiger partial charge in [-0.05, 0) is 5.56 Å². The Hall–Kier alpha value is -1.76. The first-order valence-corrected chi connectivity index (χ1v) is 8.60. The molecule has 2 heterocycles. The molecular weight excluding hydrogens is 320 g/mol. The van der Waals surface area contributed by atoms with E-state index in [2.05, 4.69) is 0 Å². The molecule has 2 aromatic carbocycles. The van der Waals surface area contributed by atoms with E-state index in [4.69, 9.17) is 18.9 Å². The fourth-order valence-electron chi connectivity index (χ4n) is 3.24. The summed E-state index contributed by atoms with van der Waals surface area (Å²) in [7, 11) is 0. The van der Waals surface area contributed by atoms with Crippen LogP contribution in [0.1, 0.15) is 23.8 Å². The number of ether oxygens (including phenoxy) is 4. The third-order valence-corrected chi connectivity index (χ3v) is 4.55. The van der Waals surface area contributed by atoms with Crippen LogP contribution in [0.3, 0.4) is 0 Å². The van der Waals surface area contributed by atoms with E-state index in [-0.39, 0.29) is 6.10 Å². The van der Waals surface area contributed by atoms with Crippen LogP contribution in [0.25, 0.3) is 0 Å². The summed E-state index contributed by atoms with van der Waals surface area (Å²) in [4.78, 5) is 0. The Morgan fingerprint density at radius 2 is 1.68 bits per heavy atom. The van der Waals surface area contributed by atoms with Crippen molar-refractivity contribution in [3.63, 3.8) is 0 Å². The van der Waals surface area contributed by atoms with Crippen LogP contribution in [0.15, 0.2) is 60.7 Å². The highest BCUT2D eigenvalue weighted by Crippen LogP contribution is 2.34. The van der Waals surface area contributed by atoms with Gasteiger partial charge in [0.2, 0.25) is 0 Å². The quantitative estimate of drug-likeness (QED) is 0.926.